The van der Waals surface area contributed by atoms with E-state index >= 15 is 0 Å². The molecule has 312 valence electrons. The van der Waals surface area contributed by atoms with Gasteiger partial charge in [-0.2, -0.15) is 0 Å². The van der Waals surface area contributed by atoms with Crippen molar-refractivity contribution < 1.29 is 33.6 Å². The van der Waals surface area contributed by atoms with Gasteiger partial charge in [-0.05, 0) is 108 Å². The number of hydrogen-bond acceptors (Lipinski definition) is 8. The number of nitrogens with one attached hydrogen (secondary N) is 1. The van der Waals surface area contributed by atoms with Crippen molar-refractivity contribution in [2.24, 2.45) is 0 Å². The molecule has 0 saturated carbocycles. The predicted molar refractivity (Wildman–Crippen MR) is 234 cm³/mol. The number of aryl methyl sites for hydroxylation is 1. The van der Waals surface area contributed by atoms with E-state index < -0.39 is 18.1 Å². The van der Waals surface area contributed by atoms with Gasteiger partial charge in [0.25, 0.3) is 0 Å². The predicted octanol–water partition coefficient (Wildman–Crippen LogP) is 10.3. The third kappa shape index (κ3) is 9.94. The zero-order chi connectivity index (χ0) is 42.5. The Kier molecular flexibility index (Phi) is 12.8. The van der Waals surface area contributed by atoms with Crippen molar-refractivity contribution in [1.82, 2.24) is 15.2 Å². The van der Waals surface area contributed by atoms with Crippen LogP contribution >= 0.6 is 23.2 Å². The first kappa shape index (κ1) is 41.7. The van der Waals surface area contributed by atoms with Gasteiger partial charge in [-0.1, -0.05) is 90.8 Å². The van der Waals surface area contributed by atoms with Crippen LogP contribution in [0.3, 0.4) is 0 Å². The van der Waals surface area contributed by atoms with Gasteiger partial charge >= 0.3 is 5.97 Å². The number of aromatic nitrogens is 1. The smallest absolute Gasteiger partial charge is 0.326 e. The highest BCUT2D eigenvalue weighted by Gasteiger charge is 2.39. The number of rotatable bonds is 14. The molecule has 0 bridgehead atoms. The van der Waals surface area contributed by atoms with E-state index in [1.165, 1.54) is 0 Å². The van der Waals surface area contributed by atoms with Gasteiger partial charge in [-0.25, -0.2) is 4.79 Å². The lowest BCUT2D eigenvalue weighted by atomic mass is 9.89. The SMILES string of the molecule is CCC(c1ccccc1)N1Cc2cc3c(cc2CC1C(=O)NC(Cc1ccc(Oc2ccnc(C)c2)cc1)C(=O)O)OCC(c1ccc(OCc2ccc(Cl)c(Cl)c2)cc1)O3. The van der Waals surface area contributed by atoms with Crippen molar-refractivity contribution in [1.29, 1.82) is 0 Å². The number of ether oxygens (including phenoxy) is 4. The minimum atomic E-state index is -1.15. The third-order valence-corrected chi connectivity index (χ3v) is 11.8. The Morgan fingerprint density at radius 2 is 1.59 bits per heavy atom. The molecule has 0 saturated heterocycles. The quantitative estimate of drug-likeness (QED) is 0.110. The lowest BCUT2D eigenvalue weighted by Crippen LogP contribution is -2.55. The molecule has 0 radical (unpaired) electrons. The standard InChI is InChI=1S/C49H45Cl2N3O7/c1-3-43(33-7-5-4-6-8-33)54-27-36-26-46-45(59-29-47(61-46)34-12-16-37(17-13-34)58-28-32-11-18-40(50)41(51)22-32)25-35(36)24-44(54)48(55)53-42(49(56)57)23-31-9-14-38(15-10-31)60-39-19-20-52-30(2)21-39/h4-22,25-26,42-44,47H,3,23-24,27-29H2,1-2H3,(H,53,55)(H,56,57). The van der Waals surface area contributed by atoms with E-state index in [-0.39, 0.29) is 24.5 Å². The zero-order valence-electron chi connectivity index (χ0n) is 33.7. The number of pyridine rings is 1. The summed E-state index contributed by atoms with van der Waals surface area (Å²) in [5.41, 5.74) is 6.49. The third-order valence-electron chi connectivity index (χ3n) is 11.1. The van der Waals surface area contributed by atoms with Gasteiger partial charge in [-0.15, -0.1) is 0 Å². The van der Waals surface area contributed by atoms with Crippen LogP contribution in [0, 0.1) is 6.92 Å². The Labute approximate surface area is 365 Å². The molecule has 10 nitrogen and oxygen atoms in total. The Morgan fingerprint density at radius 3 is 2.31 bits per heavy atom. The molecule has 8 rings (SSSR count). The first-order valence-electron chi connectivity index (χ1n) is 20.3. The maximum absolute atomic E-state index is 14.4. The fraction of sp³-hybridized carbons (Fsp3) is 0.245. The summed E-state index contributed by atoms with van der Waals surface area (Å²) in [5, 5.41) is 14.2. The number of halogens is 2. The van der Waals surface area contributed by atoms with Crippen LogP contribution in [0.1, 0.15) is 64.6 Å². The molecule has 1 aromatic heterocycles. The average molecular weight is 859 g/mol. The van der Waals surface area contributed by atoms with Crippen LogP contribution in [0.15, 0.2) is 128 Å². The normalized spacial score (nSPS) is 16.8. The molecule has 0 aliphatic carbocycles. The molecule has 4 unspecified atom stereocenters. The zero-order valence-corrected chi connectivity index (χ0v) is 35.2. The van der Waals surface area contributed by atoms with Crippen LogP contribution in [0.2, 0.25) is 10.0 Å². The van der Waals surface area contributed by atoms with Crippen LogP contribution in [0.4, 0.5) is 0 Å². The van der Waals surface area contributed by atoms with Crippen LogP contribution in [-0.2, 0) is 35.6 Å². The van der Waals surface area contributed by atoms with Gasteiger partial charge in [-0.3, -0.25) is 14.7 Å². The first-order valence-corrected chi connectivity index (χ1v) is 21.0. The Bertz CT molecular complexity index is 2500. The number of carbonyl (C=O) groups excluding carboxylic acids is 1. The number of aliphatic carboxylic acids is 1. The van der Waals surface area contributed by atoms with E-state index in [0.29, 0.717) is 65.0 Å². The molecule has 3 heterocycles. The van der Waals surface area contributed by atoms with Crippen LogP contribution < -0.4 is 24.3 Å². The van der Waals surface area contributed by atoms with Crippen LogP contribution in [0.5, 0.6) is 28.7 Å². The molecule has 12 heteroatoms. The maximum Gasteiger partial charge on any atom is 0.326 e. The van der Waals surface area contributed by atoms with Gasteiger partial charge in [0.05, 0.1) is 16.1 Å². The molecular weight excluding hydrogens is 813 g/mol. The molecule has 0 fully saturated rings. The fourth-order valence-corrected chi connectivity index (χ4v) is 8.26. The fourth-order valence-electron chi connectivity index (χ4n) is 7.93. The molecular formula is C49H45Cl2N3O7. The second-order valence-corrected chi connectivity index (χ2v) is 16.1. The average Bonchev–Trinajstić information content (AvgIpc) is 3.27. The van der Waals surface area contributed by atoms with Crippen LogP contribution in [-0.4, -0.2) is 45.6 Å². The van der Waals surface area contributed by atoms with Gasteiger partial charge in [0.1, 0.15) is 36.5 Å². The van der Waals surface area contributed by atoms with Gasteiger partial charge in [0, 0.05) is 37.0 Å². The highest BCUT2D eigenvalue weighted by Crippen LogP contribution is 2.43. The monoisotopic (exact) mass is 857 g/mol. The molecule has 4 atom stereocenters. The number of carboxylic acid groups (broad SMARTS) is 1. The minimum absolute atomic E-state index is 0.100. The number of nitrogens with zero attached hydrogens (tertiary/aromatic N) is 2. The Balaban J connectivity index is 0.978. The summed E-state index contributed by atoms with van der Waals surface area (Å²) in [4.78, 5) is 33.4. The van der Waals surface area contributed by atoms with E-state index in [0.717, 1.165) is 45.5 Å². The summed E-state index contributed by atoms with van der Waals surface area (Å²) in [6.07, 6.45) is 2.53. The number of hydrogen-bond donors (Lipinski definition) is 2. The first-order chi connectivity index (χ1) is 29.6. The van der Waals surface area contributed by atoms with Crippen molar-refractivity contribution >= 4 is 35.1 Å². The second kappa shape index (κ2) is 18.7. The van der Waals surface area contributed by atoms with E-state index in [1.807, 2.05) is 85.8 Å². The summed E-state index contributed by atoms with van der Waals surface area (Å²) in [7, 11) is 0. The minimum Gasteiger partial charge on any atom is -0.489 e. The van der Waals surface area contributed by atoms with Crippen molar-refractivity contribution in [2.45, 2.75) is 70.5 Å². The van der Waals surface area contributed by atoms with Gasteiger partial charge < -0.3 is 29.4 Å². The lowest BCUT2D eigenvalue weighted by Gasteiger charge is -2.42. The molecule has 0 spiro atoms. The summed E-state index contributed by atoms with van der Waals surface area (Å²) in [6, 6.07) is 36.2. The van der Waals surface area contributed by atoms with Gasteiger partial charge in [0.15, 0.2) is 17.6 Å². The van der Waals surface area contributed by atoms with Crippen molar-refractivity contribution in [3.63, 3.8) is 0 Å². The maximum atomic E-state index is 14.4. The molecule has 1 amide bonds. The number of fused-ring (bicyclic) bond motifs is 2. The second-order valence-electron chi connectivity index (χ2n) is 15.3. The highest BCUT2D eigenvalue weighted by molar-refractivity contribution is 6.42. The highest BCUT2D eigenvalue weighted by atomic mass is 35.5. The summed E-state index contributed by atoms with van der Waals surface area (Å²) in [5.74, 6) is 1.75. The van der Waals surface area contributed by atoms with E-state index in [1.54, 1.807) is 36.5 Å². The molecule has 2 aliphatic heterocycles. The number of benzene rings is 5. The van der Waals surface area contributed by atoms with Crippen molar-refractivity contribution in [3.05, 3.63) is 177 Å². The van der Waals surface area contributed by atoms with Gasteiger partial charge in [0.2, 0.25) is 5.91 Å². The Hall–Kier alpha value is -6.07. The topological polar surface area (TPSA) is 119 Å². The Morgan fingerprint density at radius 1 is 0.852 bits per heavy atom. The summed E-state index contributed by atoms with van der Waals surface area (Å²) >= 11 is 12.2. The lowest BCUT2D eigenvalue weighted by molar-refractivity contribution is -0.143. The molecule has 6 aromatic rings. The van der Waals surface area contributed by atoms with E-state index in [4.69, 9.17) is 42.1 Å². The summed E-state index contributed by atoms with van der Waals surface area (Å²) in [6.45, 7) is 5.08. The van der Waals surface area contributed by atoms with E-state index in [2.05, 4.69) is 34.3 Å². The van der Waals surface area contributed by atoms with E-state index in [9.17, 15) is 14.7 Å². The molecule has 2 N–H and O–H groups in total. The van der Waals surface area contributed by atoms with Crippen LogP contribution in [0.25, 0.3) is 0 Å². The van der Waals surface area contributed by atoms with Crippen molar-refractivity contribution in [3.8, 4) is 28.7 Å². The number of carboxylic acids is 1. The molecule has 2 aliphatic rings. The molecule has 5 aromatic carbocycles. The largest absolute Gasteiger partial charge is 0.489 e. The van der Waals surface area contributed by atoms with Crippen molar-refractivity contribution in [2.75, 3.05) is 6.61 Å². The summed E-state index contributed by atoms with van der Waals surface area (Å²) < 4.78 is 24.8. The number of amides is 1. The number of carbonyl (C=O) groups is 2. The molecule has 61 heavy (non-hydrogen) atoms.